The summed E-state index contributed by atoms with van der Waals surface area (Å²) in [6.07, 6.45) is 8.38. The van der Waals surface area contributed by atoms with E-state index in [2.05, 4.69) is 4.98 Å². The molecule has 0 spiro atoms. The first-order valence-corrected chi connectivity index (χ1v) is 8.73. The van der Waals surface area contributed by atoms with E-state index < -0.39 is 16.9 Å². The third-order valence-corrected chi connectivity index (χ3v) is 4.85. The number of hydrogen-bond acceptors (Lipinski definition) is 2. The van der Waals surface area contributed by atoms with Gasteiger partial charge in [-0.05, 0) is 42.0 Å². The van der Waals surface area contributed by atoms with E-state index in [0.717, 1.165) is 11.1 Å². The Morgan fingerprint density at radius 3 is 2.73 bits per heavy atom. The first-order valence-electron chi connectivity index (χ1n) is 7.45. The Balaban J connectivity index is 1.97. The van der Waals surface area contributed by atoms with Crippen LogP contribution < -0.4 is 0 Å². The molecule has 0 saturated heterocycles. The standard InChI is InChI=1S/C17H18FNO2S/c18-17-9-13(5-6-14(17)11-22(20)21)16-10-19-8-7-15(16)12-3-1-2-4-12/h5-10,12H,1-4,11H2,(H,20,21). The zero-order valence-electron chi connectivity index (χ0n) is 12.2. The van der Waals surface area contributed by atoms with Crippen molar-refractivity contribution in [1.82, 2.24) is 4.98 Å². The van der Waals surface area contributed by atoms with Gasteiger partial charge in [-0.2, -0.15) is 0 Å². The van der Waals surface area contributed by atoms with Crippen molar-refractivity contribution in [1.29, 1.82) is 0 Å². The summed E-state index contributed by atoms with van der Waals surface area (Å²) in [6.45, 7) is 0. The van der Waals surface area contributed by atoms with Crippen LogP contribution in [0.25, 0.3) is 11.1 Å². The van der Waals surface area contributed by atoms with E-state index in [0.29, 0.717) is 5.92 Å². The van der Waals surface area contributed by atoms with Gasteiger partial charge < -0.3 is 4.55 Å². The van der Waals surface area contributed by atoms with E-state index in [1.807, 2.05) is 6.07 Å². The summed E-state index contributed by atoms with van der Waals surface area (Å²) in [7, 11) is 0. The van der Waals surface area contributed by atoms with Gasteiger partial charge in [-0.15, -0.1) is 0 Å². The molecule has 1 N–H and O–H groups in total. The van der Waals surface area contributed by atoms with Crippen molar-refractivity contribution in [2.45, 2.75) is 37.4 Å². The Morgan fingerprint density at radius 1 is 1.27 bits per heavy atom. The molecule has 22 heavy (non-hydrogen) atoms. The molecule has 0 aliphatic heterocycles. The minimum absolute atomic E-state index is 0.186. The molecule has 1 aromatic heterocycles. The topological polar surface area (TPSA) is 50.2 Å². The van der Waals surface area contributed by atoms with Gasteiger partial charge in [-0.1, -0.05) is 25.0 Å². The molecule has 1 aliphatic rings. The van der Waals surface area contributed by atoms with Crippen LogP contribution in [0.5, 0.6) is 0 Å². The van der Waals surface area contributed by atoms with Crippen LogP contribution in [0, 0.1) is 5.82 Å². The van der Waals surface area contributed by atoms with Gasteiger partial charge in [-0.25, -0.2) is 8.60 Å². The lowest BCUT2D eigenvalue weighted by molar-refractivity contribution is 0.559. The van der Waals surface area contributed by atoms with E-state index >= 15 is 0 Å². The highest BCUT2D eigenvalue weighted by atomic mass is 32.2. The highest BCUT2D eigenvalue weighted by Crippen LogP contribution is 2.39. The molecular formula is C17H18FNO2S. The maximum atomic E-state index is 14.1. The molecule has 2 aromatic rings. The minimum atomic E-state index is -2.04. The van der Waals surface area contributed by atoms with E-state index in [1.165, 1.54) is 37.3 Å². The molecular weight excluding hydrogens is 301 g/mol. The van der Waals surface area contributed by atoms with Crippen LogP contribution in [0.3, 0.4) is 0 Å². The molecule has 1 unspecified atom stereocenters. The first kappa shape index (κ1) is 15.3. The van der Waals surface area contributed by atoms with Crippen molar-refractivity contribution < 1.29 is 13.2 Å². The molecule has 1 aromatic carbocycles. The molecule has 1 fully saturated rings. The summed E-state index contributed by atoms with van der Waals surface area (Å²) in [5.41, 5.74) is 3.23. The number of pyridine rings is 1. The van der Waals surface area contributed by atoms with Crippen LogP contribution in [0.15, 0.2) is 36.7 Å². The maximum Gasteiger partial charge on any atom is 0.157 e. The van der Waals surface area contributed by atoms with Crippen LogP contribution in [0.2, 0.25) is 0 Å². The van der Waals surface area contributed by atoms with Crippen LogP contribution in [-0.4, -0.2) is 13.7 Å². The molecule has 0 radical (unpaired) electrons. The first-order chi connectivity index (χ1) is 10.6. The average molecular weight is 319 g/mol. The quantitative estimate of drug-likeness (QED) is 0.856. The fraction of sp³-hybridized carbons (Fsp3) is 0.353. The van der Waals surface area contributed by atoms with Crippen molar-refractivity contribution in [2.24, 2.45) is 0 Å². The van der Waals surface area contributed by atoms with Crippen LogP contribution >= 0.6 is 0 Å². The van der Waals surface area contributed by atoms with E-state index in [1.54, 1.807) is 24.5 Å². The Bertz CT molecular complexity index is 699. The summed E-state index contributed by atoms with van der Waals surface area (Å²) in [6, 6.07) is 6.86. The smallest absolute Gasteiger partial charge is 0.157 e. The monoisotopic (exact) mass is 319 g/mol. The predicted molar refractivity (Wildman–Crippen MR) is 85.3 cm³/mol. The summed E-state index contributed by atoms with van der Waals surface area (Å²) in [4.78, 5) is 4.18. The Labute approximate surface area is 131 Å². The predicted octanol–water partition coefficient (Wildman–Crippen LogP) is 4.27. The van der Waals surface area contributed by atoms with E-state index in [4.69, 9.17) is 4.55 Å². The molecule has 3 nitrogen and oxygen atoms in total. The third kappa shape index (κ3) is 3.25. The molecule has 0 amide bonds. The molecule has 1 aliphatic carbocycles. The molecule has 1 heterocycles. The zero-order valence-corrected chi connectivity index (χ0v) is 13.0. The second-order valence-electron chi connectivity index (χ2n) is 5.72. The lowest BCUT2D eigenvalue weighted by Gasteiger charge is -2.15. The largest absolute Gasteiger partial charge is 0.306 e. The summed E-state index contributed by atoms with van der Waals surface area (Å²) < 4.78 is 33.9. The molecule has 3 rings (SSSR count). The fourth-order valence-corrected chi connectivity index (χ4v) is 3.70. The summed E-state index contributed by atoms with van der Waals surface area (Å²) in [5.74, 6) is -0.110. The molecule has 116 valence electrons. The Morgan fingerprint density at radius 2 is 2.05 bits per heavy atom. The Kier molecular flexibility index (Phi) is 4.64. The third-order valence-electron chi connectivity index (χ3n) is 4.29. The van der Waals surface area contributed by atoms with Gasteiger partial charge in [0.05, 0.1) is 5.75 Å². The number of hydrogen-bond donors (Lipinski definition) is 1. The van der Waals surface area contributed by atoms with Crippen molar-refractivity contribution in [3.05, 3.63) is 53.6 Å². The highest BCUT2D eigenvalue weighted by molar-refractivity contribution is 7.78. The number of rotatable bonds is 4. The lowest BCUT2D eigenvalue weighted by Crippen LogP contribution is -1.99. The number of benzene rings is 1. The Hall–Kier alpha value is -1.59. The average Bonchev–Trinajstić information content (AvgIpc) is 3.03. The molecule has 0 bridgehead atoms. The second-order valence-corrected chi connectivity index (χ2v) is 6.65. The van der Waals surface area contributed by atoms with Gasteiger partial charge in [-0.3, -0.25) is 4.98 Å². The van der Waals surface area contributed by atoms with Gasteiger partial charge in [0.15, 0.2) is 11.1 Å². The number of aromatic nitrogens is 1. The lowest BCUT2D eigenvalue weighted by atomic mass is 9.91. The van der Waals surface area contributed by atoms with Crippen LogP contribution in [0.4, 0.5) is 4.39 Å². The molecule has 1 atom stereocenters. The van der Waals surface area contributed by atoms with Gasteiger partial charge >= 0.3 is 0 Å². The fourth-order valence-electron chi connectivity index (χ4n) is 3.20. The zero-order chi connectivity index (χ0) is 15.5. The molecule has 1 saturated carbocycles. The molecule has 5 heteroatoms. The van der Waals surface area contributed by atoms with Crippen LogP contribution in [-0.2, 0) is 16.8 Å². The normalized spacial score (nSPS) is 16.8. The summed E-state index contributed by atoms with van der Waals surface area (Å²) >= 11 is -2.04. The highest BCUT2D eigenvalue weighted by Gasteiger charge is 2.20. The number of nitrogens with zero attached hydrogens (tertiary/aromatic N) is 1. The van der Waals surface area contributed by atoms with Crippen molar-refractivity contribution >= 4 is 11.1 Å². The minimum Gasteiger partial charge on any atom is -0.306 e. The van der Waals surface area contributed by atoms with Crippen LogP contribution in [0.1, 0.15) is 42.7 Å². The van der Waals surface area contributed by atoms with Gasteiger partial charge in [0.2, 0.25) is 0 Å². The van der Waals surface area contributed by atoms with Crippen molar-refractivity contribution in [3.8, 4) is 11.1 Å². The van der Waals surface area contributed by atoms with Gasteiger partial charge in [0.25, 0.3) is 0 Å². The van der Waals surface area contributed by atoms with Crippen molar-refractivity contribution in [3.63, 3.8) is 0 Å². The van der Waals surface area contributed by atoms with Gasteiger partial charge in [0, 0.05) is 23.5 Å². The SMILES string of the molecule is O=S(O)Cc1ccc(-c2cnccc2C2CCCC2)cc1F. The van der Waals surface area contributed by atoms with Crippen molar-refractivity contribution in [2.75, 3.05) is 0 Å². The maximum absolute atomic E-state index is 14.1. The van der Waals surface area contributed by atoms with E-state index in [-0.39, 0.29) is 11.3 Å². The van der Waals surface area contributed by atoms with E-state index in [9.17, 15) is 8.60 Å². The summed E-state index contributed by atoms with van der Waals surface area (Å²) in [5, 5.41) is 0. The number of halogens is 1. The van der Waals surface area contributed by atoms with Gasteiger partial charge in [0.1, 0.15) is 5.82 Å². The second kappa shape index (κ2) is 6.67.